The number of carbonyl (C=O) groups excluding carboxylic acids is 2. The molecule has 1 aromatic rings. The second-order valence-electron chi connectivity index (χ2n) is 3.58. The Bertz CT molecular complexity index is 431. The lowest BCUT2D eigenvalue weighted by molar-refractivity contribution is -0.139. The SMILES string of the molecule is CC(=O)CC(=O)O.CC(=O)Nc1cccc(N)c1. The maximum atomic E-state index is 10.6. The highest BCUT2D eigenvalue weighted by atomic mass is 16.4. The monoisotopic (exact) mass is 252 g/mol. The van der Waals surface area contributed by atoms with E-state index < -0.39 is 5.97 Å². The van der Waals surface area contributed by atoms with Gasteiger partial charge >= 0.3 is 5.97 Å². The number of anilines is 2. The number of ketones is 1. The second kappa shape index (κ2) is 7.83. The predicted octanol–water partition coefficient (Wildman–Crippen LogP) is 1.28. The van der Waals surface area contributed by atoms with Crippen LogP contribution in [0, 0.1) is 0 Å². The third-order valence-electron chi connectivity index (χ3n) is 1.61. The first kappa shape index (κ1) is 15.6. The van der Waals surface area contributed by atoms with Crippen LogP contribution >= 0.6 is 0 Å². The number of nitrogens with two attached hydrogens (primary N) is 1. The fraction of sp³-hybridized carbons (Fsp3) is 0.250. The highest BCUT2D eigenvalue weighted by Gasteiger charge is 1.98. The molecule has 0 saturated carbocycles. The molecule has 0 atom stereocenters. The number of carboxylic acids is 1. The average molecular weight is 252 g/mol. The number of nitrogens with one attached hydrogen (secondary N) is 1. The van der Waals surface area contributed by atoms with Crippen molar-refractivity contribution in [3.8, 4) is 0 Å². The van der Waals surface area contributed by atoms with Crippen LogP contribution in [0.15, 0.2) is 24.3 Å². The van der Waals surface area contributed by atoms with Gasteiger partial charge in [-0.2, -0.15) is 0 Å². The molecule has 0 bridgehead atoms. The summed E-state index contributed by atoms with van der Waals surface area (Å²) < 4.78 is 0. The molecule has 0 fully saturated rings. The standard InChI is InChI=1S/C8H10N2O.C4H6O3/c1-6(11)10-8-4-2-3-7(9)5-8;1-3(5)2-4(6)7/h2-5H,9H2,1H3,(H,10,11);2H2,1H3,(H,6,7). The van der Waals surface area contributed by atoms with Crippen molar-refractivity contribution in [2.24, 2.45) is 0 Å². The van der Waals surface area contributed by atoms with E-state index in [0.717, 1.165) is 5.69 Å². The topological polar surface area (TPSA) is 109 Å². The molecule has 0 radical (unpaired) electrons. The molecule has 18 heavy (non-hydrogen) atoms. The number of hydrogen-bond acceptors (Lipinski definition) is 4. The van der Waals surface area contributed by atoms with Gasteiger partial charge in [-0.1, -0.05) is 6.07 Å². The van der Waals surface area contributed by atoms with Crippen LogP contribution in [0.1, 0.15) is 20.3 Å². The fourth-order valence-electron chi connectivity index (χ4n) is 1.03. The highest BCUT2D eigenvalue weighted by molar-refractivity contribution is 5.93. The number of carbonyl (C=O) groups is 3. The third kappa shape index (κ3) is 8.90. The van der Waals surface area contributed by atoms with Gasteiger partial charge in [-0.3, -0.25) is 14.4 Å². The van der Waals surface area contributed by atoms with Crippen LogP contribution < -0.4 is 11.1 Å². The first-order valence-electron chi connectivity index (χ1n) is 5.15. The molecule has 4 N–H and O–H groups in total. The summed E-state index contributed by atoms with van der Waals surface area (Å²) in [5.74, 6) is -1.46. The fourth-order valence-corrected chi connectivity index (χ4v) is 1.03. The number of hydrogen-bond donors (Lipinski definition) is 3. The molecule has 0 aliphatic rings. The van der Waals surface area contributed by atoms with Crippen LogP contribution in [0.25, 0.3) is 0 Å². The molecule has 98 valence electrons. The number of nitrogen functional groups attached to an aromatic ring is 1. The minimum atomic E-state index is -1.06. The molecule has 1 aromatic carbocycles. The molecule has 0 aliphatic heterocycles. The molecule has 6 heteroatoms. The van der Waals surface area contributed by atoms with Gasteiger partial charge in [0.1, 0.15) is 12.2 Å². The van der Waals surface area contributed by atoms with E-state index in [1.54, 1.807) is 24.3 Å². The zero-order valence-corrected chi connectivity index (χ0v) is 10.3. The van der Waals surface area contributed by atoms with Gasteiger partial charge in [0.05, 0.1) is 0 Å². The summed E-state index contributed by atoms with van der Waals surface area (Å²) in [5.41, 5.74) is 6.87. The number of aliphatic carboxylic acids is 1. The lowest BCUT2D eigenvalue weighted by Gasteiger charge is -2.01. The molecule has 0 aliphatic carbocycles. The van der Waals surface area contributed by atoms with E-state index in [2.05, 4.69) is 5.32 Å². The smallest absolute Gasteiger partial charge is 0.310 e. The molecular formula is C12H16N2O4. The summed E-state index contributed by atoms with van der Waals surface area (Å²) in [4.78, 5) is 30.0. The number of Topliss-reactive ketones (excluding diaryl/α,β-unsaturated/α-hetero) is 1. The largest absolute Gasteiger partial charge is 0.481 e. The summed E-state index contributed by atoms with van der Waals surface area (Å²) >= 11 is 0. The average Bonchev–Trinajstić information content (AvgIpc) is 2.14. The first-order chi connectivity index (χ1) is 8.31. The summed E-state index contributed by atoms with van der Waals surface area (Å²) in [6.45, 7) is 2.71. The Morgan fingerprint density at radius 3 is 2.22 bits per heavy atom. The molecule has 0 saturated heterocycles. The van der Waals surface area contributed by atoms with Gasteiger partial charge in [-0.15, -0.1) is 0 Å². The summed E-state index contributed by atoms with van der Waals surface area (Å²) in [6.07, 6.45) is -0.361. The van der Waals surface area contributed by atoms with Crippen molar-refractivity contribution < 1.29 is 19.5 Å². The number of rotatable bonds is 3. The maximum absolute atomic E-state index is 10.6. The van der Waals surface area contributed by atoms with Crippen molar-refractivity contribution in [2.45, 2.75) is 20.3 Å². The van der Waals surface area contributed by atoms with Crippen LogP contribution in [-0.4, -0.2) is 22.8 Å². The molecule has 1 amide bonds. The van der Waals surface area contributed by atoms with Crippen LogP contribution in [0.5, 0.6) is 0 Å². The normalized spacial score (nSPS) is 8.78. The Balaban J connectivity index is 0.000000360. The number of benzene rings is 1. The van der Waals surface area contributed by atoms with Gasteiger partial charge in [-0.05, 0) is 25.1 Å². The van der Waals surface area contributed by atoms with Gasteiger partial charge in [0.2, 0.25) is 5.91 Å². The van der Waals surface area contributed by atoms with E-state index in [9.17, 15) is 14.4 Å². The zero-order chi connectivity index (χ0) is 14.1. The van der Waals surface area contributed by atoms with E-state index in [0.29, 0.717) is 5.69 Å². The maximum Gasteiger partial charge on any atom is 0.310 e. The minimum absolute atomic E-state index is 0.0874. The van der Waals surface area contributed by atoms with Crippen molar-refractivity contribution >= 4 is 29.0 Å². The quantitative estimate of drug-likeness (QED) is 0.554. The lowest BCUT2D eigenvalue weighted by Crippen LogP contribution is -2.05. The van der Waals surface area contributed by atoms with Gasteiger partial charge < -0.3 is 16.2 Å². The molecule has 0 aromatic heterocycles. The summed E-state index contributed by atoms with van der Waals surface area (Å²) in [5, 5.41) is 10.5. The predicted molar refractivity (Wildman–Crippen MR) is 68.1 cm³/mol. The Kier molecular flexibility index (Phi) is 6.80. The number of amides is 1. The van der Waals surface area contributed by atoms with Gasteiger partial charge in [0, 0.05) is 18.3 Å². The first-order valence-corrected chi connectivity index (χ1v) is 5.15. The van der Waals surface area contributed by atoms with E-state index >= 15 is 0 Å². The molecule has 6 nitrogen and oxygen atoms in total. The Morgan fingerprint density at radius 1 is 1.28 bits per heavy atom. The zero-order valence-electron chi connectivity index (χ0n) is 10.3. The minimum Gasteiger partial charge on any atom is -0.481 e. The molecular weight excluding hydrogens is 236 g/mol. The highest BCUT2D eigenvalue weighted by Crippen LogP contribution is 2.10. The van der Waals surface area contributed by atoms with E-state index in [1.165, 1.54) is 13.8 Å². The van der Waals surface area contributed by atoms with Gasteiger partial charge in [0.25, 0.3) is 0 Å². The van der Waals surface area contributed by atoms with Crippen LogP contribution in [0.3, 0.4) is 0 Å². The Morgan fingerprint density at radius 2 is 1.89 bits per heavy atom. The Hall–Kier alpha value is -2.37. The molecule has 1 rings (SSSR count). The van der Waals surface area contributed by atoms with E-state index in [4.69, 9.17) is 10.8 Å². The molecule has 0 heterocycles. The van der Waals surface area contributed by atoms with Crippen molar-refractivity contribution in [1.82, 2.24) is 0 Å². The second-order valence-corrected chi connectivity index (χ2v) is 3.58. The van der Waals surface area contributed by atoms with E-state index in [-0.39, 0.29) is 18.1 Å². The molecule has 0 spiro atoms. The van der Waals surface area contributed by atoms with Crippen LogP contribution in [0.2, 0.25) is 0 Å². The van der Waals surface area contributed by atoms with Crippen molar-refractivity contribution in [3.05, 3.63) is 24.3 Å². The van der Waals surface area contributed by atoms with Gasteiger partial charge in [-0.25, -0.2) is 0 Å². The molecule has 0 unspecified atom stereocenters. The van der Waals surface area contributed by atoms with Crippen molar-refractivity contribution in [1.29, 1.82) is 0 Å². The Labute approximate surface area is 105 Å². The third-order valence-corrected chi connectivity index (χ3v) is 1.61. The van der Waals surface area contributed by atoms with Crippen molar-refractivity contribution in [2.75, 3.05) is 11.1 Å². The van der Waals surface area contributed by atoms with E-state index in [1.807, 2.05) is 0 Å². The van der Waals surface area contributed by atoms with Crippen molar-refractivity contribution in [3.63, 3.8) is 0 Å². The van der Waals surface area contributed by atoms with Crippen LogP contribution in [-0.2, 0) is 14.4 Å². The lowest BCUT2D eigenvalue weighted by atomic mass is 10.3. The van der Waals surface area contributed by atoms with Gasteiger partial charge in [0.15, 0.2) is 0 Å². The summed E-state index contributed by atoms with van der Waals surface area (Å²) in [7, 11) is 0. The summed E-state index contributed by atoms with van der Waals surface area (Å²) in [6, 6.07) is 7.06. The number of carboxylic acid groups (broad SMARTS) is 1. The van der Waals surface area contributed by atoms with Crippen LogP contribution in [0.4, 0.5) is 11.4 Å².